The molecule has 7 heteroatoms. The van der Waals surface area contributed by atoms with Crippen LogP contribution >= 0.6 is 0 Å². The maximum atomic E-state index is 11.9. The highest BCUT2D eigenvalue weighted by molar-refractivity contribution is 5.93. The zero-order valence-corrected chi connectivity index (χ0v) is 16.3. The lowest BCUT2D eigenvalue weighted by Crippen LogP contribution is -2.20. The van der Waals surface area contributed by atoms with Crippen molar-refractivity contribution in [2.75, 3.05) is 11.9 Å². The van der Waals surface area contributed by atoms with Crippen molar-refractivity contribution in [2.24, 2.45) is 5.10 Å². The number of phenols is 1. The molecule has 2 rings (SSSR count). The number of ether oxygens (including phenoxy) is 1. The summed E-state index contributed by atoms with van der Waals surface area (Å²) in [5, 5.41) is 16.4. The molecule has 3 N–H and O–H groups in total. The second kappa shape index (κ2) is 10.1. The van der Waals surface area contributed by atoms with E-state index in [2.05, 4.69) is 15.8 Å². The summed E-state index contributed by atoms with van der Waals surface area (Å²) in [5.41, 5.74) is 5.28. The van der Waals surface area contributed by atoms with Gasteiger partial charge in [0.2, 0.25) is 11.8 Å². The van der Waals surface area contributed by atoms with E-state index in [1.807, 2.05) is 6.92 Å². The number of carbonyl (C=O) groups excluding carboxylic acids is 2. The second-order valence-electron chi connectivity index (χ2n) is 6.30. The molecule has 0 bridgehead atoms. The molecule has 2 aromatic rings. The molecular weight excluding hydrogens is 358 g/mol. The van der Waals surface area contributed by atoms with Gasteiger partial charge in [-0.3, -0.25) is 9.59 Å². The quantitative estimate of drug-likeness (QED) is 0.481. The van der Waals surface area contributed by atoms with Crippen molar-refractivity contribution in [2.45, 2.75) is 33.6 Å². The minimum atomic E-state index is -0.356. The number of nitrogens with one attached hydrogen (secondary N) is 2. The summed E-state index contributed by atoms with van der Waals surface area (Å²) in [7, 11) is 0. The first-order valence-corrected chi connectivity index (χ1v) is 9.04. The third-order valence-corrected chi connectivity index (χ3v) is 3.94. The number of hydrogen-bond acceptors (Lipinski definition) is 5. The number of nitrogens with zero attached hydrogens (tertiary/aromatic N) is 1. The van der Waals surface area contributed by atoms with E-state index in [1.54, 1.807) is 50.2 Å². The molecule has 0 saturated carbocycles. The van der Waals surface area contributed by atoms with Crippen molar-refractivity contribution in [1.82, 2.24) is 5.43 Å². The summed E-state index contributed by atoms with van der Waals surface area (Å²) in [6.45, 7) is 6.06. The molecule has 0 heterocycles. The van der Waals surface area contributed by atoms with Gasteiger partial charge in [0.05, 0.1) is 12.8 Å². The number of anilines is 1. The van der Waals surface area contributed by atoms with Crippen molar-refractivity contribution < 1.29 is 19.4 Å². The molecule has 0 aliphatic carbocycles. The largest absolute Gasteiger partial charge is 0.507 e. The lowest BCUT2D eigenvalue weighted by atomic mass is 10.1. The van der Waals surface area contributed by atoms with Crippen molar-refractivity contribution >= 4 is 23.7 Å². The van der Waals surface area contributed by atoms with Crippen molar-refractivity contribution in [3.05, 3.63) is 53.1 Å². The Kier molecular flexibility index (Phi) is 7.56. The van der Waals surface area contributed by atoms with Gasteiger partial charge in [-0.25, -0.2) is 5.43 Å². The summed E-state index contributed by atoms with van der Waals surface area (Å²) >= 11 is 0. The first-order chi connectivity index (χ1) is 13.4. The molecule has 0 spiro atoms. The maximum Gasteiger partial charge on any atom is 0.240 e. The van der Waals surface area contributed by atoms with Crippen LogP contribution in [0, 0.1) is 13.8 Å². The molecule has 2 aromatic carbocycles. The molecule has 2 amide bonds. The van der Waals surface area contributed by atoms with E-state index in [0.29, 0.717) is 12.3 Å². The molecule has 0 atom stereocenters. The number of rotatable bonds is 8. The van der Waals surface area contributed by atoms with Crippen LogP contribution in [-0.4, -0.2) is 29.7 Å². The minimum absolute atomic E-state index is 0.0217. The average Bonchev–Trinajstić information content (AvgIpc) is 2.66. The Morgan fingerprint density at radius 3 is 2.29 bits per heavy atom. The SMILES string of the molecule is CCOc1ccc(NC(=O)CCC(=O)NN=Cc2cc(C)c(O)c(C)c2)cc1. The van der Waals surface area contributed by atoms with E-state index in [0.717, 1.165) is 22.4 Å². The van der Waals surface area contributed by atoms with Crippen molar-refractivity contribution in [1.29, 1.82) is 0 Å². The summed E-state index contributed by atoms with van der Waals surface area (Å²) in [5.74, 6) is 0.370. The van der Waals surface area contributed by atoms with Crippen LogP contribution in [0.3, 0.4) is 0 Å². The van der Waals surface area contributed by atoms with Gasteiger partial charge in [0.1, 0.15) is 11.5 Å². The summed E-state index contributed by atoms with van der Waals surface area (Å²) < 4.78 is 5.34. The van der Waals surface area contributed by atoms with Crippen LogP contribution in [0.4, 0.5) is 5.69 Å². The van der Waals surface area contributed by atoms with Crippen LogP contribution in [0.2, 0.25) is 0 Å². The van der Waals surface area contributed by atoms with Gasteiger partial charge in [0, 0.05) is 18.5 Å². The van der Waals surface area contributed by atoms with Gasteiger partial charge >= 0.3 is 0 Å². The first kappa shape index (κ1) is 21.0. The fraction of sp³-hybridized carbons (Fsp3) is 0.286. The Morgan fingerprint density at radius 1 is 1.07 bits per heavy atom. The molecule has 0 unspecified atom stereocenters. The summed E-state index contributed by atoms with van der Waals surface area (Å²) in [6, 6.07) is 10.6. The van der Waals surface area contributed by atoms with Gasteiger partial charge < -0.3 is 15.2 Å². The lowest BCUT2D eigenvalue weighted by Gasteiger charge is -2.07. The lowest BCUT2D eigenvalue weighted by molar-refractivity contribution is -0.124. The van der Waals surface area contributed by atoms with E-state index >= 15 is 0 Å². The normalized spacial score (nSPS) is 10.7. The van der Waals surface area contributed by atoms with Crippen LogP contribution in [0.5, 0.6) is 11.5 Å². The summed E-state index contributed by atoms with van der Waals surface area (Å²) in [6.07, 6.45) is 1.57. The Hall–Kier alpha value is -3.35. The molecular formula is C21H25N3O4. The standard InChI is InChI=1S/C21H25N3O4/c1-4-28-18-7-5-17(6-8-18)23-19(25)9-10-20(26)24-22-13-16-11-14(2)21(27)15(3)12-16/h5-8,11-13,27H,4,9-10H2,1-3H3,(H,23,25)(H,24,26). The topological polar surface area (TPSA) is 100 Å². The Bertz CT molecular complexity index is 837. The smallest absolute Gasteiger partial charge is 0.240 e. The monoisotopic (exact) mass is 383 g/mol. The highest BCUT2D eigenvalue weighted by Crippen LogP contribution is 2.22. The molecule has 148 valence electrons. The van der Waals surface area contributed by atoms with Gasteiger partial charge in [0.25, 0.3) is 0 Å². The van der Waals surface area contributed by atoms with Crippen molar-refractivity contribution in [3.63, 3.8) is 0 Å². The number of aromatic hydroxyl groups is 1. The fourth-order valence-corrected chi connectivity index (χ4v) is 2.55. The fourth-order valence-electron chi connectivity index (χ4n) is 2.55. The summed E-state index contributed by atoms with van der Waals surface area (Å²) in [4.78, 5) is 23.8. The third-order valence-electron chi connectivity index (χ3n) is 3.94. The molecule has 0 aliphatic rings. The van der Waals surface area contributed by atoms with Crippen LogP contribution in [0.1, 0.15) is 36.5 Å². The molecule has 28 heavy (non-hydrogen) atoms. The molecule has 0 radical (unpaired) electrons. The Labute approximate surface area is 164 Å². The number of phenolic OH excluding ortho intramolecular Hbond substituents is 1. The van der Waals surface area contributed by atoms with E-state index in [9.17, 15) is 14.7 Å². The molecule has 0 aromatic heterocycles. The van der Waals surface area contributed by atoms with Gasteiger partial charge in [-0.15, -0.1) is 0 Å². The first-order valence-electron chi connectivity index (χ1n) is 9.04. The molecule has 0 saturated heterocycles. The van der Waals surface area contributed by atoms with E-state index in [4.69, 9.17) is 4.74 Å². The predicted octanol–water partition coefficient (Wildman–Crippen LogP) is 3.28. The number of amides is 2. The van der Waals surface area contributed by atoms with Crippen LogP contribution in [0.15, 0.2) is 41.5 Å². The Balaban J connectivity index is 1.76. The van der Waals surface area contributed by atoms with Crippen LogP contribution in [-0.2, 0) is 9.59 Å². The highest BCUT2D eigenvalue weighted by atomic mass is 16.5. The van der Waals surface area contributed by atoms with Crippen molar-refractivity contribution in [3.8, 4) is 11.5 Å². The third kappa shape index (κ3) is 6.42. The van der Waals surface area contributed by atoms with E-state index in [1.165, 1.54) is 6.21 Å². The number of hydrogen-bond donors (Lipinski definition) is 3. The van der Waals surface area contributed by atoms with Crippen LogP contribution < -0.4 is 15.5 Å². The minimum Gasteiger partial charge on any atom is -0.507 e. The van der Waals surface area contributed by atoms with Crippen LogP contribution in [0.25, 0.3) is 0 Å². The van der Waals surface area contributed by atoms with Gasteiger partial charge in [-0.05, 0) is 73.9 Å². The van der Waals surface area contributed by atoms with E-state index in [-0.39, 0.29) is 30.4 Å². The zero-order valence-electron chi connectivity index (χ0n) is 16.3. The number of carbonyl (C=O) groups is 2. The van der Waals surface area contributed by atoms with E-state index < -0.39 is 0 Å². The molecule has 0 fully saturated rings. The highest BCUT2D eigenvalue weighted by Gasteiger charge is 2.07. The molecule has 0 aliphatic heterocycles. The van der Waals surface area contributed by atoms with Gasteiger partial charge in [0.15, 0.2) is 0 Å². The average molecular weight is 383 g/mol. The number of hydrazone groups is 1. The second-order valence-corrected chi connectivity index (χ2v) is 6.30. The Morgan fingerprint density at radius 2 is 1.68 bits per heavy atom. The number of benzene rings is 2. The predicted molar refractivity (Wildman–Crippen MR) is 109 cm³/mol. The maximum absolute atomic E-state index is 11.9. The zero-order chi connectivity index (χ0) is 20.5. The van der Waals surface area contributed by atoms with Gasteiger partial charge in [-0.1, -0.05) is 0 Å². The van der Waals surface area contributed by atoms with Gasteiger partial charge in [-0.2, -0.15) is 5.10 Å². The molecule has 7 nitrogen and oxygen atoms in total. The number of aryl methyl sites for hydroxylation is 2.